The highest BCUT2D eigenvalue weighted by Gasteiger charge is 2.07. The fourth-order valence-corrected chi connectivity index (χ4v) is 2.00. The van der Waals surface area contributed by atoms with Crippen LogP contribution in [0.3, 0.4) is 0 Å². The van der Waals surface area contributed by atoms with Gasteiger partial charge >= 0.3 is 0 Å². The van der Waals surface area contributed by atoms with Crippen LogP contribution in [0.2, 0.25) is 0 Å². The molecule has 19 heavy (non-hydrogen) atoms. The smallest absolute Gasteiger partial charge is 0.287 e. The van der Waals surface area contributed by atoms with Crippen LogP contribution in [0.5, 0.6) is 0 Å². The summed E-state index contributed by atoms with van der Waals surface area (Å²) in [5.74, 6) is -0.257. The first-order chi connectivity index (χ1) is 9.20. The highest BCUT2D eigenvalue weighted by Crippen LogP contribution is 2.10. The highest BCUT2D eigenvalue weighted by atomic mass is 79.9. The Morgan fingerprint density at radius 2 is 2.11 bits per heavy atom. The normalized spacial score (nSPS) is 11.4. The molecule has 1 amide bonds. The number of hydrazone groups is 1. The number of carbonyl (C=O) groups is 1. The summed E-state index contributed by atoms with van der Waals surface area (Å²) in [6.45, 7) is 2.00. The molecule has 1 heterocycles. The first-order valence-corrected chi connectivity index (χ1v) is 6.76. The van der Waals surface area contributed by atoms with Crippen LogP contribution in [-0.4, -0.2) is 16.6 Å². The predicted molar refractivity (Wildman–Crippen MR) is 79.2 cm³/mol. The molecule has 0 aliphatic heterocycles. The van der Waals surface area contributed by atoms with E-state index in [1.54, 1.807) is 12.3 Å². The number of hydrogen-bond acceptors (Lipinski definition) is 2. The minimum atomic E-state index is -0.257. The number of carbonyl (C=O) groups excluding carboxylic acids is 1. The van der Waals surface area contributed by atoms with Gasteiger partial charge in [0.2, 0.25) is 0 Å². The van der Waals surface area contributed by atoms with Crippen LogP contribution in [0.4, 0.5) is 0 Å². The lowest BCUT2D eigenvalue weighted by Crippen LogP contribution is -2.20. The van der Waals surface area contributed by atoms with Crippen LogP contribution in [0, 0.1) is 0 Å². The zero-order chi connectivity index (χ0) is 13.7. The summed E-state index contributed by atoms with van der Waals surface area (Å²) >= 11 is 3.28. The first-order valence-electron chi connectivity index (χ1n) is 5.97. The molecule has 1 aromatic heterocycles. The third kappa shape index (κ3) is 3.54. The largest absolute Gasteiger partial charge is 0.356 e. The van der Waals surface area contributed by atoms with E-state index in [-0.39, 0.29) is 5.91 Å². The maximum absolute atomic E-state index is 11.8. The number of benzene rings is 1. The molecule has 0 aliphatic carbocycles. The number of aromatic amines is 1. The topological polar surface area (TPSA) is 57.2 Å². The molecule has 2 aromatic rings. The van der Waals surface area contributed by atoms with Gasteiger partial charge in [0.05, 0.1) is 5.71 Å². The van der Waals surface area contributed by atoms with Crippen molar-refractivity contribution in [2.45, 2.75) is 13.3 Å². The number of rotatable bonds is 4. The Hall–Kier alpha value is -1.88. The fraction of sp³-hybridized carbons (Fsp3) is 0.143. The van der Waals surface area contributed by atoms with Crippen molar-refractivity contribution >= 4 is 27.5 Å². The van der Waals surface area contributed by atoms with E-state index in [9.17, 15) is 4.79 Å². The van der Waals surface area contributed by atoms with Crippen molar-refractivity contribution < 1.29 is 4.79 Å². The summed E-state index contributed by atoms with van der Waals surface area (Å²) in [5, 5.41) is 4.18. The fourth-order valence-electron chi connectivity index (χ4n) is 1.66. The van der Waals surface area contributed by atoms with Gasteiger partial charge in [-0.3, -0.25) is 4.79 Å². The van der Waals surface area contributed by atoms with E-state index in [2.05, 4.69) is 31.4 Å². The minimum Gasteiger partial charge on any atom is -0.356 e. The van der Waals surface area contributed by atoms with E-state index < -0.39 is 0 Å². The molecule has 2 rings (SSSR count). The molecule has 0 fully saturated rings. The predicted octanol–water partition coefficient (Wildman–Crippen LogP) is 3.32. The Morgan fingerprint density at radius 3 is 2.68 bits per heavy atom. The first kappa shape index (κ1) is 13.5. The van der Waals surface area contributed by atoms with Crippen molar-refractivity contribution in [1.82, 2.24) is 10.4 Å². The molecule has 1 aromatic carbocycles. The zero-order valence-corrected chi connectivity index (χ0v) is 12.1. The number of halogens is 1. The Balaban J connectivity index is 2.10. The third-order valence-corrected chi connectivity index (χ3v) is 3.08. The zero-order valence-electron chi connectivity index (χ0n) is 10.5. The molecule has 0 radical (unpaired) electrons. The van der Waals surface area contributed by atoms with Crippen molar-refractivity contribution in [3.63, 3.8) is 0 Å². The van der Waals surface area contributed by atoms with E-state index in [1.165, 1.54) is 0 Å². The number of nitrogens with zero attached hydrogens (tertiary/aromatic N) is 1. The molecular formula is C14H14BrN3O. The van der Waals surface area contributed by atoms with Crippen LogP contribution in [0.15, 0.2) is 52.2 Å². The minimum absolute atomic E-state index is 0.257. The molecule has 0 saturated heterocycles. The number of aromatic nitrogens is 1. The summed E-state index contributed by atoms with van der Waals surface area (Å²) in [6.07, 6.45) is 2.45. The van der Waals surface area contributed by atoms with Gasteiger partial charge in [-0.1, -0.05) is 37.3 Å². The van der Waals surface area contributed by atoms with Crippen LogP contribution >= 0.6 is 15.9 Å². The molecular weight excluding hydrogens is 306 g/mol. The number of H-pyrrole nitrogens is 1. The van der Waals surface area contributed by atoms with Gasteiger partial charge in [-0.2, -0.15) is 5.10 Å². The Labute approximate surface area is 120 Å². The van der Waals surface area contributed by atoms with Gasteiger partial charge in [0.1, 0.15) is 5.69 Å². The summed E-state index contributed by atoms with van der Waals surface area (Å²) < 4.78 is 0.834. The van der Waals surface area contributed by atoms with Gasteiger partial charge in [-0.15, -0.1) is 0 Å². The van der Waals surface area contributed by atoms with Gasteiger partial charge in [-0.05, 0) is 34.0 Å². The van der Waals surface area contributed by atoms with E-state index >= 15 is 0 Å². The lowest BCUT2D eigenvalue weighted by atomic mass is 10.1. The molecule has 0 spiro atoms. The van der Waals surface area contributed by atoms with Crippen LogP contribution < -0.4 is 5.43 Å². The summed E-state index contributed by atoms with van der Waals surface area (Å²) in [4.78, 5) is 14.7. The van der Waals surface area contributed by atoms with E-state index in [1.807, 2.05) is 37.3 Å². The maximum atomic E-state index is 11.8. The molecule has 98 valence electrons. The van der Waals surface area contributed by atoms with Crippen molar-refractivity contribution in [3.05, 3.63) is 58.3 Å². The lowest BCUT2D eigenvalue weighted by Gasteiger charge is -2.04. The molecule has 4 nitrogen and oxygen atoms in total. The number of amides is 1. The van der Waals surface area contributed by atoms with Crippen molar-refractivity contribution in [1.29, 1.82) is 0 Å². The average Bonchev–Trinajstić information content (AvgIpc) is 2.87. The van der Waals surface area contributed by atoms with Crippen LogP contribution in [0.1, 0.15) is 29.4 Å². The van der Waals surface area contributed by atoms with E-state index in [0.29, 0.717) is 5.69 Å². The lowest BCUT2D eigenvalue weighted by molar-refractivity contribution is 0.0950. The molecule has 2 N–H and O–H groups in total. The summed E-state index contributed by atoms with van der Waals surface area (Å²) in [6, 6.07) is 11.5. The van der Waals surface area contributed by atoms with Gasteiger partial charge in [0.15, 0.2) is 0 Å². The summed E-state index contributed by atoms with van der Waals surface area (Å²) in [5.41, 5.74) is 4.89. The second-order valence-electron chi connectivity index (χ2n) is 3.95. The molecule has 0 atom stereocenters. The van der Waals surface area contributed by atoms with Gasteiger partial charge in [0.25, 0.3) is 5.91 Å². The van der Waals surface area contributed by atoms with Crippen LogP contribution in [-0.2, 0) is 0 Å². The quantitative estimate of drug-likeness (QED) is 0.659. The third-order valence-electron chi connectivity index (χ3n) is 2.63. The molecule has 0 bridgehead atoms. The molecule has 5 heteroatoms. The standard InChI is InChI=1S/C14H14BrN3O/c1-2-12(10-6-4-3-5-7-10)17-18-14(19)13-8-11(15)9-16-13/h3-9,16H,2H2,1H3,(H,18,19)/b17-12-. The second-order valence-corrected chi connectivity index (χ2v) is 4.87. The average molecular weight is 320 g/mol. The summed E-state index contributed by atoms with van der Waals surface area (Å²) in [7, 11) is 0. The van der Waals surface area contributed by atoms with Crippen LogP contribution in [0.25, 0.3) is 0 Å². The molecule has 0 aliphatic rings. The van der Waals surface area contributed by atoms with Crippen molar-refractivity contribution in [2.75, 3.05) is 0 Å². The molecule has 0 saturated carbocycles. The molecule has 0 unspecified atom stereocenters. The van der Waals surface area contributed by atoms with E-state index in [4.69, 9.17) is 0 Å². The second kappa shape index (κ2) is 6.33. The Kier molecular flexibility index (Phi) is 4.52. The van der Waals surface area contributed by atoms with Gasteiger partial charge < -0.3 is 4.98 Å². The van der Waals surface area contributed by atoms with Crippen molar-refractivity contribution in [2.24, 2.45) is 5.10 Å². The van der Waals surface area contributed by atoms with Gasteiger partial charge in [0, 0.05) is 10.7 Å². The SMILES string of the molecule is CC/C(=N/NC(=O)c1cc(Br)c[nH]1)c1ccccc1. The monoisotopic (exact) mass is 319 g/mol. The van der Waals surface area contributed by atoms with E-state index in [0.717, 1.165) is 22.2 Å². The Bertz CT molecular complexity index is 590. The number of hydrogen-bond donors (Lipinski definition) is 2. The van der Waals surface area contributed by atoms with Gasteiger partial charge in [-0.25, -0.2) is 5.43 Å². The van der Waals surface area contributed by atoms with Crippen molar-refractivity contribution in [3.8, 4) is 0 Å². The number of nitrogens with one attached hydrogen (secondary N) is 2. The maximum Gasteiger partial charge on any atom is 0.287 e. The Morgan fingerprint density at radius 1 is 1.37 bits per heavy atom. The highest BCUT2D eigenvalue weighted by molar-refractivity contribution is 9.10.